The number of nitrogens with zero attached hydrogens (tertiary/aromatic N) is 2. The third-order valence-corrected chi connectivity index (χ3v) is 4.29. The first-order valence-electron chi connectivity index (χ1n) is 8.38. The van der Waals surface area contributed by atoms with Crippen LogP contribution in [0.4, 0.5) is 17.6 Å². The fourth-order valence-corrected chi connectivity index (χ4v) is 2.91. The van der Waals surface area contributed by atoms with Crippen LogP contribution >= 0.6 is 0 Å². The van der Waals surface area contributed by atoms with E-state index in [2.05, 4.69) is 9.97 Å². The smallest absolute Gasteiger partial charge is 0.421 e. The minimum Gasteiger partial charge on any atom is -0.455 e. The number of alkyl halides is 3. The Labute approximate surface area is 162 Å². The van der Waals surface area contributed by atoms with Crippen LogP contribution < -0.4 is 4.74 Å². The number of pyridine rings is 1. The van der Waals surface area contributed by atoms with Crippen molar-refractivity contribution in [1.82, 2.24) is 9.97 Å². The molecule has 0 bridgehead atoms. The summed E-state index contributed by atoms with van der Waals surface area (Å²) in [6, 6.07) is 14.8. The molecule has 1 N–H and O–H groups in total. The van der Waals surface area contributed by atoms with Crippen LogP contribution in [0.2, 0.25) is 0 Å². The van der Waals surface area contributed by atoms with Gasteiger partial charge in [0.05, 0.1) is 10.9 Å². The van der Waals surface area contributed by atoms with Crippen LogP contribution in [0.15, 0.2) is 60.8 Å². The molecule has 144 valence electrons. The summed E-state index contributed by atoms with van der Waals surface area (Å²) in [6.45, 7) is 0. The van der Waals surface area contributed by atoms with Gasteiger partial charge in [0.2, 0.25) is 0 Å². The van der Waals surface area contributed by atoms with Gasteiger partial charge in [-0.25, -0.2) is 9.37 Å². The Morgan fingerprint density at radius 3 is 2.45 bits per heavy atom. The van der Waals surface area contributed by atoms with E-state index in [0.717, 1.165) is 0 Å². The second kappa shape index (κ2) is 6.95. The molecule has 0 atom stereocenters. The quantitative estimate of drug-likeness (QED) is 0.428. The SMILES string of the molecule is N#Cc1ccccc1Oc1c(C(F)(F)F)cnc2[nH]c(-c3ccc(F)cc3)cc12. The second-order valence-corrected chi connectivity index (χ2v) is 6.16. The Morgan fingerprint density at radius 1 is 1.03 bits per heavy atom. The van der Waals surface area contributed by atoms with Crippen LogP contribution in [0.5, 0.6) is 11.5 Å². The predicted molar refractivity (Wildman–Crippen MR) is 97.7 cm³/mol. The summed E-state index contributed by atoms with van der Waals surface area (Å²) in [6.07, 6.45) is -4.04. The lowest BCUT2D eigenvalue weighted by Crippen LogP contribution is -2.08. The largest absolute Gasteiger partial charge is 0.455 e. The van der Waals surface area contributed by atoms with Gasteiger partial charge in [-0.2, -0.15) is 18.4 Å². The van der Waals surface area contributed by atoms with Crippen molar-refractivity contribution in [2.24, 2.45) is 0 Å². The van der Waals surface area contributed by atoms with E-state index in [4.69, 9.17) is 4.74 Å². The average molecular weight is 397 g/mol. The maximum atomic E-state index is 13.6. The van der Waals surface area contributed by atoms with Gasteiger partial charge in [0, 0.05) is 11.9 Å². The molecule has 2 heterocycles. The number of rotatable bonds is 3. The number of halogens is 4. The lowest BCUT2D eigenvalue weighted by molar-refractivity contribution is -0.138. The highest BCUT2D eigenvalue weighted by atomic mass is 19.4. The van der Waals surface area contributed by atoms with Gasteiger partial charge in [-0.05, 0) is 48.0 Å². The van der Waals surface area contributed by atoms with E-state index in [1.807, 2.05) is 6.07 Å². The van der Waals surface area contributed by atoms with Crippen LogP contribution in [0.1, 0.15) is 11.1 Å². The molecule has 0 fully saturated rings. The standard InChI is InChI=1S/C21H11F4N3O/c22-14-7-5-12(6-8-14)17-9-15-19(29-18-4-2-1-3-13(18)10-26)16(21(23,24)25)11-27-20(15)28-17/h1-9,11H,(H,27,28). The minimum absolute atomic E-state index is 0.00229. The normalized spacial score (nSPS) is 11.4. The number of ether oxygens (including phenoxy) is 1. The van der Waals surface area contributed by atoms with E-state index in [-0.39, 0.29) is 22.3 Å². The van der Waals surface area contributed by atoms with Crippen LogP contribution in [0.25, 0.3) is 22.3 Å². The Hall–Kier alpha value is -3.86. The molecule has 4 rings (SSSR count). The maximum Gasteiger partial charge on any atom is 0.421 e. The highest BCUT2D eigenvalue weighted by molar-refractivity contribution is 5.89. The van der Waals surface area contributed by atoms with E-state index in [0.29, 0.717) is 17.5 Å². The number of hydrogen-bond donors (Lipinski definition) is 1. The number of nitrogens with one attached hydrogen (secondary N) is 1. The lowest BCUT2D eigenvalue weighted by Gasteiger charge is -2.14. The fraction of sp³-hybridized carbons (Fsp3) is 0.0476. The molecule has 4 aromatic rings. The molecule has 0 aliphatic rings. The molecule has 0 radical (unpaired) electrons. The summed E-state index contributed by atoms with van der Waals surface area (Å²) < 4.78 is 59.5. The summed E-state index contributed by atoms with van der Waals surface area (Å²) in [5.41, 5.74) is 0.218. The molecule has 2 aromatic heterocycles. The monoisotopic (exact) mass is 397 g/mol. The molecule has 0 aliphatic carbocycles. The van der Waals surface area contributed by atoms with Gasteiger partial charge < -0.3 is 9.72 Å². The Bertz CT molecular complexity index is 1240. The molecule has 29 heavy (non-hydrogen) atoms. The van der Waals surface area contributed by atoms with Gasteiger partial charge in [-0.3, -0.25) is 0 Å². The number of aromatic nitrogens is 2. The van der Waals surface area contributed by atoms with Gasteiger partial charge in [0.25, 0.3) is 0 Å². The van der Waals surface area contributed by atoms with Crippen LogP contribution in [-0.4, -0.2) is 9.97 Å². The van der Waals surface area contributed by atoms with Crippen LogP contribution in [0.3, 0.4) is 0 Å². The molecular formula is C21H11F4N3O. The minimum atomic E-state index is -4.72. The lowest BCUT2D eigenvalue weighted by atomic mass is 10.1. The highest BCUT2D eigenvalue weighted by Gasteiger charge is 2.36. The summed E-state index contributed by atoms with van der Waals surface area (Å²) in [5, 5.41) is 9.30. The number of benzene rings is 2. The number of hydrogen-bond acceptors (Lipinski definition) is 3. The van der Waals surface area contributed by atoms with Gasteiger partial charge in [-0.1, -0.05) is 12.1 Å². The van der Waals surface area contributed by atoms with Crippen molar-refractivity contribution in [3.05, 3.63) is 77.7 Å². The molecule has 4 nitrogen and oxygen atoms in total. The van der Waals surface area contributed by atoms with E-state index in [1.165, 1.54) is 42.5 Å². The van der Waals surface area contributed by atoms with E-state index < -0.39 is 23.3 Å². The van der Waals surface area contributed by atoms with Gasteiger partial charge in [0.1, 0.15) is 28.8 Å². The van der Waals surface area contributed by atoms with E-state index in [1.54, 1.807) is 12.1 Å². The van der Waals surface area contributed by atoms with Crippen molar-refractivity contribution in [2.45, 2.75) is 6.18 Å². The Morgan fingerprint density at radius 2 is 1.76 bits per heavy atom. The van der Waals surface area contributed by atoms with Crippen molar-refractivity contribution in [2.75, 3.05) is 0 Å². The first-order valence-corrected chi connectivity index (χ1v) is 8.38. The Kier molecular flexibility index (Phi) is 4.43. The summed E-state index contributed by atoms with van der Waals surface area (Å²) in [5.74, 6) is -0.896. The van der Waals surface area contributed by atoms with Crippen LogP contribution in [-0.2, 0) is 6.18 Å². The molecule has 0 saturated heterocycles. The van der Waals surface area contributed by atoms with Crippen molar-refractivity contribution in [3.8, 4) is 28.8 Å². The topological polar surface area (TPSA) is 61.7 Å². The number of fused-ring (bicyclic) bond motifs is 1. The number of nitriles is 1. The summed E-state index contributed by atoms with van der Waals surface area (Å²) in [4.78, 5) is 6.78. The summed E-state index contributed by atoms with van der Waals surface area (Å²) in [7, 11) is 0. The van der Waals surface area contributed by atoms with Crippen LogP contribution in [0, 0.1) is 17.1 Å². The third kappa shape index (κ3) is 3.50. The van der Waals surface area contributed by atoms with Gasteiger partial charge >= 0.3 is 6.18 Å². The van der Waals surface area contributed by atoms with Crippen molar-refractivity contribution >= 4 is 11.0 Å². The maximum absolute atomic E-state index is 13.6. The zero-order valence-electron chi connectivity index (χ0n) is 14.6. The van der Waals surface area contributed by atoms with Crippen molar-refractivity contribution in [3.63, 3.8) is 0 Å². The van der Waals surface area contributed by atoms with Gasteiger partial charge in [-0.15, -0.1) is 0 Å². The summed E-state index contributed by atoms with van der Waals surface area (Å²) >= 11 is 0. The molecule has 0 saturated carbocycles. The molecular weight excluding hydrogens is 386 g/mol. The molecule has 0 amide bonds. The van der Waals surface area contributed by atoms with E-state index in [9.17, 15) is 22.8 Å². The van der Waals surface area contributed by atoms with Crippen molar-refractivity contribution in [1.29, 1.82) is 5.26 Å². The van der Waals surface area contributed by atoms with E-state index >= 15 is 0 Å². The number of para-hydroxylation sites is 1. The van der Waals surface area contributed by atoms with Gasteiger partial charge in [0.15, 0.2) is 5.75 Å². The fourth-order valence-electron chi connectivity index (χ4n) is 2.91. The molecule has 8 heteroatoms. The second-order valence-electron chi connectivity index (χ2n) is 6.16. The molecule has 2 aromatic carbocycles. The number of H-pyrrole nitrogens is 1. The first-order chi connectivity index (χ1) is 13.9. The van der Waals surface area contributed by atoms with Crippen molar-refractivity contribution < 1.29 is 22.3 Å². The zero-order valence-corrected chi connectivity index (χ0v) is 14.6. The average Bonchev–Trinajstić information content (AvgIpc) is 3.13. The molecule has 0 unspecified atom stereocenters. The third-order valence-electron chi connectivity index (χ3n) is 4.29. The Balaban J connectivity index is 1.91. The molecule has 0 aliphatic heterocycles. The predicted octanol–water partition coefficient (Wildman–Crippen LogP) is 6.05. The highest BCUT2D eigenvalue weighted by Crippen LogP contribution is 2.43. The zero-order chi connectivity index (χ0) is 20.6. The molecule has 0 spiro atoms. The number of aromatic amines is 1. The first kappa shape index (κ1) is 18.5.